The van der Waals surface area contributed by atoms with Crippen LogP contribution in [0.5, 0.6) is 0 Å². The van der Waals surface area contributed by atoms with Gasteiger partial charge in [0.1, 0.15) is 0 Å². The summed E-state index contributed by atoms with van der Waals surface area (Å²) in [5.74, 6) is 0.303. The predicted molar refractivity (Wildman–Crippen MR) is 127 cm³/mol. The summed E-state index contributed by atoms with van der Waals surface area (Å²) in [6.45, 7) is 0. The van der Waals surface area contributed by atoms with Crippen molar-refractivity contribution in [2.75, 3.05) is 10.7 Å². The Hall–Kier alpha value is -2.39. The fourth-order valence-electron chi connectivity index (χ4n) is 3.21. The summed E-state index contributed by atoms with van der Waals surface area (Å²) in [5, 5.41) is 4.60. The number of anilines is 2. The van der Waals surface area contributed by atoms with Crippen LogP contribution in [0.3, 0.4) is 0 Å². The fraction of sp³-hybridized carbons (Fsp3) is 0.0455. The van der Waals surface area contributed by atoms with E-state index in [0.29, 0.717) is 3.95 Å². The van der Waals surface area contributed by atoms with Gasteiger partial charge in [0.15, 0.2) is 8.29 Å². The van der Waals surface area contributed by atoms with Crippen LogP contribution in [0.2, 0.25) is 0 Å². The average Bonchev–Trinajstić information content (AvgIpc) is 3.17. The summed E-state index contributed by atoms with van der Waals surface area (Å²) < 4.78 is 3.20. The number of thioether (sulfide) groups is 1. The van der Waals surface area contributed by atoms with E-state index < -0.39 is 0 Å². The maximum Gasteiger partial charge on any atom is 0.242 e. The number of carbonyl (C=O) groups excluding carboxylic acids is 1. The van der Waals surface area contributed by atoms with Gasteiger partial charge in [-0.05, 0) is 48.6 Å². The lowest BCUT2D eigenvalue weighted by atomic mass is 10.2. The lowest BCUT2D eigenvalue weighted by Gasteiger charge is -2.30. The monoisotopic (exact) mass is 465 g/mol. The van der Waals surface area contributed by atoms with E-state index in [4.69, 9.17) is 12.2 Å². The molecule has 4 aromatic rings. The van der Waals surface area contributed by atoms with Crippen molar-refractivity contribution in [3.8, 4) is 5.69 Å². The molecule has 0 atom stereocenters. The summed E-state index contributed by atoms with van der Waals surface area (Å²) in [7, 11) is 0. The Morgan fingerprint density at radius 3 is 2.17 bits per heavy atom. The zero-order chi connectivity index (χ0) is 20.5. The number of carbonyl (C=O) groups is 1. The van der Waals surface area contributed by atoms with E-state index in [2.05, 4.69) is 17.2 Å². The van der Waals surface area contributed by atoms with Crippen molar-refractivity contribution in [1.29, 1.82) is 0 Å². The van der Waals surface area contributed by atoms with Gasteiger partial charge in [-0.15, -0.1) is 5.10 Å². The van der Waals surface area contributed by atoms with E-state index in [9.17, 15) is 4.79 Å². The number of hydrogen-bond acceptors (Lipinski definition) is 6. The highest BCUT2D eigenvalue weighted by Gasteiger charge is 2.27. The van der Waals surface area contributed by atoms with Crippen LogP contribution in [-0.4, -0.2) is 21.4 Å². The zero-order valence-electron chi connectivity index (χ0n) is 15.6. The Labute approximate surface area is 191 Å². The van der Waals surface area contributed by atoms with Crippen LogP contribution in [0.4, 0.5) is 11.4 Å². The molecule has 30 heavy (non-hydrogen) atoms. The molecule has 0 N–H and O–H groups in total. The van der Waals surface area contributed by atoms with E-state index in [-0.39, 0.29) is 11.7 Å². The number of nitrogens with zero attached hydrogens (tertiary/aromatic N) is 3. The van der Waals surface area contributed by atoms with E-state index in [0.717, 1.165) is 31.2 Å². The maximum absolute atomic E-state index is 13.3. The van der Waals surface area contributed by atoms with E-state index in [1.165, 1.54) is 23.1 Å². The molecule has 0 saturated heterocycles. The molecule has 0 unspecified atom stereocenters. The van der Waals surface area contributed by atoms with Crippen molar-refractivity contribution in [2.45, 2.75) is 14.1 Å². The van der Waals surface area contributed by atoms with Crippen molar-refractivity contribution >= 4 is 64.4 Å². The molecule has 0 spiro atoms. The van der Waals surface area contributed by atoms with Gasteiger partial charge in [0.25, 0.3) is 0 Å². The normalized spacial score (nSPS) is 12.3. The van der Waals surface area contributed by atoms with Gasteiger partial charge in [-0.25, -0.2) is 4.68 Å². The lowest BCUT2D eigenvalue weighted by molar-refractivity contribution is -0.115. The van der Waals surface area contributed by atoms with Crippen molar-refractivity contribution in [3.63, 3.8) is 0 Å². The molecule has 5 rings (SSSR count). The SMILES string of the molecule is O=C(CSc1nn(-c2ccccc2)c(=S)s1)N1c2ccccc2Sc2ccccc21. The first-order chi connectivity index (χ1) is 14.7. The molecule has 1 aliphatic rings. The minimum absolute atomic E-state index is 0.0209. The summed E-state index contributed by atoms with van der Waals surface area (Å²) in [5.41, 5.74) is 2.77. The molecule has 1 amide bonds. The molecule has 148 valence electrons. The highest BCUT2D eigenvalue weighted by molar-refractivity contribution is 8.01. The Balaban J connectivity index is 1.40. The first-order valence-corrected chi connectivity index (χ1v) is 12.2. The summed E-state index contributed by atoms with van der Waals surface area (Å²) in [4.78, 5) is 17.3. The van der Waals surface area contributed by atoms with Gasteiger partial charge in [0.2, 0.25) is 5.91 Å². The van der Waals surface area contributed by atoms with Crippen molar-refractivity contribution < 1.29 is 4.79 Å². The van der Waals surface area contributed by atoms with E-state index in [1.807, 2.05) is 71.6 Å². The predicted octanol–water partition coefficient (Wildman–Crippen LogP) is 6.58. The van der Waals surface area contributed by atoms with Crippen molar-refractivity contribution in [1.82, 2.24) is 9.78 Å². The summed E-state index contributed by atoms with van der Waals surface area (Å²) >= 11 is 10.0. The van der Waals surface area contributed by atoms with Crippen LogP contribution >= 0.6 is 47.1 Å². The second-order valence-electron chi connectivity index (χ2n) is 6.44. The number of fused-ring (bicyclic) bond motifs is 2. The third-order valence-corrected chi connectivity index (χ3v) is 8.01. The number of amides is 1. The largest absolute Gasteiger partial charge is 0.278 e. The van der Waals surface area contributed by atoms with Crippen LogP contribution in [-0.2, 0) is 4.79 Å². The van der Waals surface area contributed by atoms with Gasteiger partial charge in [0.05, 0.1) is 22.8 Å². The average molecular weight is 466 g/mol. The molecular weight excluding hydrogens is 451 g/mol. The maximum atomic E-state index is 13.3. The minimum Gasteiger partial charge on any atom is -0.278 e. The van der Waals surface area contributed by atoms with Crippen LogP contribution in [0.15, 0.2) is 93.0 Å². The Morgan fingerprint density at radius 2 is 1.50 bits per heavy atom. The number of para-hydroxylation sites is 3. The first-order valence-electron chi connectivity index (χ1n) is 9.18. The van der Waals surface area contributed by atoms with Gasteiger partial charge in [-0.1, -0.05) is 77.3 Å². The number of hydrogen-bond donors (Lipinski definition) is 0. The Bertz CT molecular complexity index is 1240. The van der Waals surface area contributed by atoms with Crippen molar-refractivity contribution in [3.05, 3.63) is 82.8 Å². The second-order valence-corrected chi connectivity index (χ2v) is 10.4. The molecule has 1 aromatic heterocycles. The van der Waals surface area contributed by atoms with Gasteiger partial charge in [0, 0.05) is 9.79 Å². The third kappa shape index (κ3) is 3.72. The lowest BCUT2D eigenvalue weighted by Crippen LogP contribution is -2.29. The fourth-order valence-corrected chi connectivity index (χ4v) is 6.48. The topological polar surface area (TPSA) is 38.1 Å². The van der Waals surface area contributed by atoms with Crippen molar-refractivity contribution in [2.24, 2.45) is 0 Å². The number of rotatable bonds is 4. The van der Waals surface area contributed by atoms with Crippen LogP contribution in [0.25, 0.3) is 5.69 Å². The molecule has 2 heterocycles. The van der Waals surface area contributed by atoms with Gasteiger partial charge >= 0.3 is 0 Å². The van der Waals surface area contributed by atoms with E-state index >= 15 is 0 Å². The molecule has 4 nitrogen and oxygen atoms in total. The molecule has 3 aromatic carbocycles. The molecule has 0 fully saturated rings. The second kappa shape index (κ2) is 8.39. The molecule has 0 radical (unpaired) electrons. The minimum atomic E-state index is 0.0209. The highest BCUT2D eigenvalue weighted by atomic mass is 32.2. The molecular formula is C22H15N3OS4. The van der Waals surface area contributed by atoms with Crippen LogP contribution in [0.1, 0.15) is 0 Å². The molecule has 0 bridgehead atoms. The highest BCUT2D eigenvalue weighted by Crippen LogP contribution is 2.48. The molecule has 1 aliphatic heterocycles. The standard InChI is InChI=1S/C22H15N3OS4/c26-20(14-28-21-23-25(22(27)30-21)15-8-2-1-3-9-15)24-16-10-4-6-12-18(16)29-19-13-7-5-11-17(19)24/h1-13H,14H2. The number of benzene rings is 3. The van der Waals surface area contributed by atoms with Crippen LogP contribution in [0, 0.1) is 3.95 Å². The van der Waals surface area contributed by atoms with Gasteiger partial charge in [-0.3, -0.25) is 9.69 Å². The summed E-state index contributed by atoms with van der Waals surface area (Å²) in [6.07, 6.45) is 0. The Kier molecular flexibility index (Phi) is 5.47. The summed E-state index contributed by atoms with van der Waals surface area (Å²) in [6, 6.07) is 25.8. The zero-order valence-corrected chi connectivity index (χ0v) is 18.9. The smallest absolute Gasteiger partial charge is 0.242 e. The first kappa shape index (κ1) is 19.6. The van der Waals surface area contributed by atoms with E-state index in [1.54, 1.807) is 16.4 Å². The van der Waals surface area contributed by atoms with Gasteiger partial charge in [-0.2, -0.15) is 0 Å². The van der Waals surface area contributed by atoms with Crippen LogP contribution < -0.4 is 4.90 Å². The molecule has 0 aliphatic carbocycles. The van der Waals surface area contributed by atoms with Gasteiger partial charge < -0.3 is 0 Å². The number of aromatic nitrogens is 2. The Morgan fingerprint density at radius 1 is 0.900 bits per heavy atom. The quantitative estimate of drug-likeness (QED) is 0.251. The molecule has 8 heteroatoms. The molecule has 0 saturated carbocycles. The third-order valence-electron chi connectivity index (χ3n) is 4.53.